The zero-order valence-corrected chi connectivity index (χ0v) is 11.0. The molecule has 6 nitrogen and oxygen atoms in total. The summed E-state index contributed by atoms with van der Waals surface area (Å²) in [7, 11) is 1.73. The van der Waals surface area contributed by atoms with Gasteiger partial charge in [0.2, 0.25) is 0 Å². The van der Waals surface area contributed by atoms with E-state index in [4.69, 9.17) is 0 Å². The van der Waals surface area contributed by atoms with E-state index in [1.807, 2.05) is 0 Å². The minimum atomic E-state index is -0.334. The molecule has 0 aromatic carbocycles. The van der Waals surface area contributed by atoms with Crippen molar-refractivity contribution in [3.63, 3.8) is 0 Å². The summed E-state index contributed by atoms with van der Waals surface area (Å²) in [6.45, 7) is 3.22. The molecule has 0 fully saturated rings. The summed E-state index contributed by atoms with van der Waals surface area (Å²) < 4.78 is 1.54. The predicted octanol–water partition coefficient (Wildman–Crippen LogP) is 1.64. The predicted molar refractivity (Wildman–Crippen MR) is 68.0 cm³/mol. The van der Waals surface area contributed by atoms with Crippen molar-refractivity contribution in [2.75, 3.05) is 5.32 Å². The molecule has 0 aliphatic rings. The minimum absolute atomic E-state index is 0.0525. The Balaban J connectivity index is 2.17. The zero-order valence-electron chi connectivity index (χ0n) is 10.2. The highest BCUT2D eigenvalue weighted by Gasteiger charge is 2.15. The lowest BCUT2D eigenvalue weighted by atomic mass is 10.3. The van der Waals surface area contributed by atoms with Crippen molar-refractivity contribution >= 4 is 28.2 Å². The van der Waals surface area contributed by atoms with Crippen molar-refractivity contribution in [2.45, 2.75) is 13.8 Å². The summed E-state index contributed by atoms with van der Waals surface area (Å²) in [5.41, 5.74) is 0.943. The number of aromatic nitrogens is 3. The number of carbonyl (C=O) groups excluding carboxylic acids is 2. The monoisotopic (exact) mass is 264 g/mol. The van der Waals surface area contributed by atoms with Crippen LogP contribution in [-0.4, -0.2) is 26.5 Å². The van der Waals surface area contributed by atoms with Gasteiger partial charge in [0.15, 0.2) is 16.6 Å². The molecule has 0 aliphatic carbocycles. The van der Waals surface area contributed by atoms with Gasteiger partial charge in [-0.05, 0) is 13.0 Å². The highest BCUT2D eigenvalue weighted by atomic mass is 32.1. The molecule has 0 saturated heterocycles. The molecule has 0 atom stereocenters. The molecule has 0 radical (unpaired) electrons. The van der Waals surface area contributed by atoms with Crippen molar-refractivity contribution < 1.29 is 9.59 Å². The van der Waals surface area contributed by atoms with Crippen molar-refractivity contribution in [3.8, 4) is 0 Å². The first-order valence-corrected chi connectivity index (χ1v) is 6.08. The van der Waals surface area contributed by atoms with Crippen molar-refractivity contribution in [1.29, 1.82) is 0 Å². The Bertz CT molecular complexity index is 614. The second-order valence-electron chi connectivity index (χ2n) is 3.82. The van der Waals surface area contributed by atoms with E-state index in [-0.39, 0.29) is 11.7 Å². The van der Waals surface area contributed by atoms with Gasteiger partial charge in [0.25, 0.3) is 5.91 Å². The number of hydrogen-bond donors (Lipinski definition) is 1. The van der Waals surface area contributed by atoms with Gasteiger partial charge in [0.05, 0.1) is 10.6 Å². The Morgan fingerprint density at radius 1 is 1.44 bits per heavy atom. The highest BCUT2D eigenvalue weighted by Crippen LogP contribution is 2.23. The van der Waals surface area contributed by atoms with Crippen molar-refractivity contribution in [2.24, 2.45) is 7.05 Å². The number of nitrogens with zero attached hydrogens (tertiary/aromatic N) is 3. The van der Waals surface area contributed by atoms with Gasteiger partial charge >= 0.3 is 0 Å². The topological polar surface area (TPSA) is 76.9 Å². The summed E-state index contributed by atoms with van der Waals surface area (Å²) in [4.78, 5) is 27.8. The number of Topliss-reactive ketones (excluding diaryl/α,β-unsaturated/α-hetero) is 1. The van der Waals surface area contributed by atoms with Crippen LogP contribution in [0.1, 0.15) is 32.8 Å². The SMILES string of the molecule is CC(=O)c1sc(NC(=O)c2ccn(C)n2)nc1C. The average molecular weight is 264 g/mol. The molecule has 2 heterocycles. The molecule has 94 valence electrons. The summed E-state index contributed by atoms with van der Waals surface area (Å²) in [6.07, 6.45) is 1.68. The fraction of sp³-hybridized carbons (Fsp3) is 0.273. The Labute approximate surface area is 108 Å². The lowest BCUT2D eigenvalue weighted by Gasteiger charge is -1.96. The van der Waals surface area contributed by atoms with Gasteiger partial charge in [-0.25, -0.2) is 4.98 Å². The van der Waals surface area contributed by atoms with Gasteiger partial charge in [0, 0.05) is 20.2 Å². The van der Waals surface area contributed by atoms with Crippen LogP contribution in [0.5, 0.6) is 0 Å². The molecule has 0 saturated carbocycles. The highest BCUT2D eigenvalue weighted by molar-refractivity contribution is 7.17. The maximum atomic E-state index is 11.8. The quantitative estimate of drug-likeness (QED) is 0.855. The molecule has 18 heavy (non-hydrogen) atoms. The third-order valence-electron chi connectivity index (χ3n) is 2.28. The third kappa shape index (κ3) is 2.45. The smallest absolute Gasteiger partial charge is 0.277 e. The van der Waals surface area contributed by atoms with Crippen LogP contribution >= 0.6 is 11.3 Å². The largest absolute Gasteiger partial charge is 0.296 e. The van der Waals surface area contributed by atoms with E-state index in [0.717, 1.165) is 0 Å². The number of nitrogens with one attached hydrogen (secondary N) is 1. The molecular weight excluding hydrogens is 252 g/mol. The van der Waals surface area contributed by atoms with E-state index < -0.39 is 0 Å². The van der Waals surface area contributed by atoms with Gasteiger partial charge < -0.3 is 0 Å². The summed E-state index contributed by atoms with van der Waals surface area (Å²) in [5, 5.41) is 7.02. The number of ketones is 1. The van der Waals surface area contributed by atoms with Crippen molar-refractivity contribution in [1.82, 2.24) is 14.8 Å². The second-order valence-corrected chi connectivity index (χ2v) is 4.82. The zero-order chi connectivity index (χ0) is 13.3. The number of thiazole rings is 1. The molecule has 2 rings (SSSR count). The third-order valence-corrected chi connectivity index (χ3v) is 3.46. The second kappa shape index (κ2) is 4.69. The molecule has 2 aromatic rings. The molecule has 0 bridgehead atoms. The van der Waals surface area contributed by atoms with E-state index >= 15 is 0 Å². The first-order chi connectivity index (χ1) is 8.47. The van der Waals surface area contributed by atoms with Crippen LogP contribution in [0.25, 0.3) is 0 Å². The Morgan fingerprint density at radius 2 is 2.17 bits per heavy atom. The summed E-state index contributed by atoms with van der Waals surface area (Å²) >= 11 is 1.17. The minimum Gasteiger partial charge on any atom is -0.296 e. The van der Waals surface area contributed by atoms with Crippen LogP contribution in [0.4, 0.5) is 5.13 Å². The molecular formula is C11H12N4O2S. The Morgan fingerprint density at radius 3 is 2.67 bits per heavy atom. The van der Waals surface area contributed by atoms with Gasteiger partial charge in [-0.3, -0.25) is 19.6 Å². The van der Waals surface area contributed by atoms with Gasteiger partial charge in [-0.2, -0.15) is 5.10 Å². The van der Waals surface area contributed by atoms with Gasteiger partial charge in [-0.15, -0.1) is 0 Å². The van der Waals surface area contributed by atoms with Crippen LogP contribution in [0, 0.1) is 6.92 Å². The number of anilines is 1. The molecule has 7 heteroatoms. The van der Waals surface area contributed by atoms with E-state index in [1.165, 1.54) is 18.3 Å². The van der Waals surface area contributed by atoms with Crippen molar-refractivity contribution in [3.05, 3.63) is 28.5 Å². The maximum Gasteiger partial charge on any atom is 0.277 e. The Kier molecular flexibility index (Phi) is 3.24. The molecule has 0 aliphatic heterocycles. The lowest BCUT2D eigenvalue weighted by Crippen LogP contribution is -2.12. The van der Waals surface area contributed by atoms with E-state index in [2.05, 4.69) is 15.4 Å². The number of amides is 1. The number of aryl methyl sites for hydroxylation is 2. The van der Waals surface area contributed by atoms with E-state index in [0.29, 0.717) is 21.4 Å². The van der Waals surface area contributed by atoms with Gasteiger partial charge in [0.1, 0.15) is 0 Å². The fourth-order valence-electron chi connectivity index (χ4n) is 1.47. The van der Waals surface area contributed by atoms with E-state index in [1.54, 1.807) is 30.9 Å². The fourth-order valence-corrected chi connectivity index (χ4v) is 2.33. The standard InChI is InChI=1S/C11H12N4O2S/c1-6-9(7(2)16)18-11(12-6)13-10(17)8-4-5-15(3)14-8/h4-5H,1-3H3,(H,12,13,17). The molecule has 0 unspecified atom stereocenters. The van der Waals surface area contributed by atoms with E-state index in [9.17, 15) is 9.59 Å². The van der Waals surface area contributed by atoms with Crippen LogP contribution < -0.4 is 5.32 Å². The van der Waals surface area contributed by atoms with Crippen LogP contribution in [0.2, 0.25) is 0 Å². The normalized spacial score (nSPS) is 10.4. The summed E-state index contributed by atoms with van der Waals surface area (Å²) in [5.74, 6) is -0.386. The molecule has 1 amide bonds. The number of rotatable bonds is 3. The molecule has 2 aromatic heterocycles. The molecule has 0 spiro atoms. The first kappa shape index (κ1) is 12.4. The van der Waals surface area contributed by atoms with Gasteiger partial charge in [-0.1, -0.05) is 11.3 Å². The summed E-state index contributed by atoms with van der Waals surface area (Å²) in [6, 6.07) is 1.61. The first-order valence-electron chi connectivity index (χ1n) is 5.26. The Hall–Kier alpha value is -2.02. The maximum absolute atomic E-state index is 11.8. The van der Waals surface area contributed by atoms with Crippen LogP contribution in [0.3, 0.4) is 0 Å². The lowest BCUT2D eigenvalue weighted by molar-refractivity contribution is 0.101. The van der Waals surface area contributed by atoms with Crippen LogP contribution in [0.15, 0.2) is 12.3 Å². The number of carbonyl (C=O) groups is 2. The average Bonchev–Trinajstić information content (AvgIpc) is 2.85. The van der Waals surface area contributed by atoms with Crippen LogP contribution in [-0.2, 0) is 7.05 Å². The number of hydrogen-bond acceptors (Lipinski definition) is 5. The molecule has 1 N–H and O–H groups in total.